The molecular weight excluding hydrogens is 232 g/mol. The third-order valence-electron chi connectivity index (χ3n) is 3.40. The van der Waals surface area contributed by atoms with Crippen molar-refractivity contribution in [2.45, 2.75) is 46.0 Å². The van der Waals surface area contributed by atoms with Crippen LogP contribution in [0.1, 0.15) is 53.2 Å². The van der Waals surface area contributed by atoms with E-state index in [1.165, 1.54) is 23.3 Å². The van der Waals surface area contributed by atoms with Crippen LogP contribution in [-0.4, -0.2) is 12.6 Å². The van der Waals surface area contributed by atoms with Gasteiger partial charge in [-0.25, -0.2) is 4.79 Å². The Kier molecular flexibility index (Phi) is 4.21. The molecule has 2 rings (SSSR count). The lowest BCUT2D eigenvalue weighted by molar-refractivity contribution is 0.0511. The quantitative estimate of drug-likeness (QED) is 0.761. The molecule has 0 spiro atoms. The highest BCUT2D eigenvalue weighted by molar-refractivity contribution is 7.14. The first kappa shape index (κ1) is 12.6. The minimum atomic E-state index is -0.140. The predicted molar refractivity (Wildman–Crippen MR) is 70.7 cm³/mol. The normalized spacial score (nSPS) is 18.8. The SMILES string of the molecule is CCCOC(=O)c1cc2c(s1)CC[C@H](CC)C2. The van der Waals surface area contributed by atoms with Gasteiger partial charge in [0.25, 0.3) is 0 Å². The summed E-state index contributed by atoms with van der Waals surface area (Å²) >= 11 is 1.63. The zero-order valence-electron chi connectivity index (χ0n) is 10.6. The summed E-state index contributed by atoms with van der Waals surface area (Å²) in [6.45, 7) is 4.79. The van der Waals surface area contributed by atoms with Crippen molar-refractivity contribution in [1.82, 2.24) is 0 Å². The first-order chi connectivity index (χ1) is 8.24. The molecule has 0 aromatic carbocycles. The van der Waals surface area contributed by atoms with Gasteiger partial charge in [0.2, 0.25) is 0 Å². The van der Waals surface area contributed by atoms with E-state index < -0.39 is 0 Å². The van der Waals surface area contributed by atoms with E-state index in [2.05, 4.69) is 13.0 Å². The number of fused-ring (bicyclic) bond motifs is 1. The number of esters is 1. The van der Waals surface area contributed by atoms with Gasteiger partial charge in [-0.2, -0.15) is 0 Å². The van der Waals surface area contributed by atoms with Crippen molar-refractivity contribution in [3.8, 4) is 0 Å². The van der Waals surface area contributed by atoms with Gasteiger partial charge in [-0.3, -0.25) is 0 Å². The average Bonchev–Trinajstić information content (AvgIpc) is 2.78. The van der Waals surface area contributed by atoms with Gasteiger partial charge in [-0.1, -0.05) is 20.3 Å². The van der Waals surface area contributed by atoms with Crippen LogP contribution in [0.25, 0.3) is 0 Å². The van der Waals surface area contributed by atoms with Gasteiger partial charge >= 0.3 is 5.97 Å². The van der Waals surface area contributed by atoms with Gasteiger partial charge in [0.05, 0.1) is 6.61 Å². The molecule has 1 aliphatic rings. The first-order valence-electron chi connectivity index (χ1n) is 6.53. The van der Waals surface area contributed by atoms with Crippen LogP contribution in [0.2, 0.25) is 0 Å². The van der Waals surface area contributed by atoms with Crippen molar-refractivity contribution in [2.24, 2.45) is 5.92 Å². The number of hydrogen-bond acceptors (Lipinski definition) is 3. The molecule has 1 aromatic rings. The summed E-state index contributed by atoms with van der Waals surface area (Å²) in [7, 11) is 0. The summed E-state index contributed by atoms with van der Waals surface area (Å²) in [5.41, 5.74) is 1.39. The summed E-state index contributed by atoms with van der Waals surface area (Å²) in [4.78, 5) is 14.0. The van der Waals surface area contributed by atoms with Crippen LogP contribution >= 0.6 is 11.3 Å². The van der Waals surface area contributed by atoms with E-state index in [4.69, 9.17) is 4.74 Å². The van der Waals surface area contributed by atoms with Gasteiger partial charge in [-0.15, -0.1) is 11.3 Å². The number of aryl methyl sites for hydroxylation is 1. The van der Waals surface area contributed by atoms with E-state index >= 15 is 0 Å². The Morgan fingerprint density at radius 1 is 1.53 bits per heavy atom. The number of rotatable bonds is 4. The Morgan fingerprint density at radius 3 is 3.06 bits per heavy atom. The van der Waals surface area contributed by atoms with E-state index in [1.54, 1.807) is 11.3 Å². The van der Waals surface area contributed by atoms with Gasteiger partial charge in [0.1, 0.15) is 4.88 Å². The monoisotopic (exact) mass is 252 g/mol. The van der Waals surface area contributed by atoms with Crippen LogP contribution in [0.15, 0.2) is 6.07 Å². The van der Waals surface area contributed by atoms with Gasteiger partial charge in [-0.05, 0) is 43.2 Å². The Bertz CT molecular complexity index is 395. The Labute approximate surface area is 107 Å². The van der Waals surface area contributed by atoms with Crippen LogP contribution < -0.4 is 0 Å². The van der Waals surface area contributed by atoms with Crippen molar-refractivity contribution >= 4 is 17.3 Å². The second-order valence-corrected chi connectivity index (χ2v) is 5.85. The van der Waals surface area contributed by atoms with Gasteiger partial charge in [0.15, 0.2) is 0 Å². The maximum absolute atomic E-state index is 11.8. The lowest BCUT2D eigenvalue weighted by atomic mass is 9.87. The molecule has 0 radical (unpaired) electrons. The molecule has 1 aromatic heterocycles. The zero-order valence-corrected chi connectivity index (χ0v) is 11.4. The largest absolute Gasteiger partial charge is 0.462 e. The highest BCUT2D eigenvalue weighted by atomic mass is 32.1. The van der Waals surface area contributed by atoms with Crippen LogP contribution in [-0.2, 0) is 17.6 Å². The smallest absolute Gasteiger partial charge is 0.348 e. The predicted octanol–water partition coefficient (Wildman–Crippen LogP) is 3.83. The van der Waals surface area contributed by atoms with Crippen molar-refractivity contribution < 1.29 is 9.53 Å². The van der Waals surface area contributed by atoms with Crippen LogP contribution in [0.4, 0.5) is 0 Å². The van der Waals surface area contributed by atoms with Gasteiger partial charge < -0.3 is 4.74 Å². The number of hydrogen-bond donors (Lipinski definition) is 0. The van der Waals surface area contributed by atoms with E-state index in [0.717, 1.165) is 30.1 Å². The maximum Gasteiger partial charge on any atom is 0.348 e. The fraction of sp³-hybridized carbons (Fsp3) is 0.643. The molecule has 0 aliphatic heterocycles. The molecular formula is C14H20O2S. The fourth-order valence-electron chi connectivity index (χ4n) is 2.31. The first-order valence-corrected chi connectivity index (χ1v) is 7.35. The highest BCUT2D eigenvalue weighted by Crippen LogP contribution is 2.33. The van der Waals surface area contributed by atoms with Crippen LogP contribution in [0.3, 0.4) is 0 Å². The van der Waals surface area contributed by atoms with Crippen molar-refractivity contribution in [3.05, 3.63) is 21.4 Å². The van der Waals surface area contributed by atoms with Crippen molar-refractivity contribution in [3.63, 3.8) is 0 Å². The molecule has 0 unspecified atom stereocenters. The second-order valence-electron chi connectivity index (χ2n) is 4.71. The summed E-state index contributed by atoms with van der Waals surface area (Å²) in [6.07, 6.45) is 5.68. The molecule has 1 atom stereocenters. The van der Waals surface area contributed by atoms with E-state index in [0.29, 0.717) is 6.61 Å². The molecule has 0 N–H and O–H groups in total. The van der Waals surface area contributed by atoms with E-state index in [9.17, 15) is 4.79 Å². The van der Waals surface area contributed by atoms with Gasteiger partial charge in [0, 0.05) is 4.88 Å². The highest BCUT2D eigenvalue weighted by Gasteiger charge is 2.22. The molecule has 0 saturated heterocycles. The molecule has 1 heterocycles. The molecule has 94 valence electrons. The minimum absolute atomic E-state index is 0.140. The summed E-state index contributed by atoms with van der Waals surface area (Å²) in [6, 6.07) is 2.06. The topological polar surface area (TPSA) is 26.3 Å². The molecule has 3 heteroatoms. The maximum atomic E-state index is 11.8. The molecule has 0 amide bonds. The number of thiophene rings is 1. The third-order valence-corrected chi connectivity index (χ3v) is 4.62. The fourth-order valence-corrected chi connectivity index (χ4v) is 3.42. The summed E-state index contributed by atoms with van der Waals surface area (Å²) in [5.74, 6) is 0.663. The Hall–Kier alpha value is -0.830. The lowest BCUT2D eigenvalue weighted by Gasteiger charge is -2.19. The molecule has 17 heavy (non-hydrogen) atoms. The van der Waals surface area contributed by atoms with Crippen molar-refractivity contribution in [2.75, 3.05) is 6.61 Å². The standard InChI is InChI=1S/C14H20O2S/c1-3-7-16-14(15)13-9-11-8-10(4-2)5-6-12(11)17-13/h9-10H,3-8H2,1-2H3/t10-/m0/s1. The molecule has 0 bridgehead atoms. The number of carbonyl (C=O) groups excluding carboxylic acids is 1. The summed E-state index contributed by atoms with van der Waals surface area (Å²) in [5, 5.41) is 0. The lowest BCUT2D eigenvalue weighted by Crippen LogP contribution is -2.10. The zero-order chi connectivity index (χ0) is 12.3. The van der Waals surface area contributed by atoms with Crippen LogP contribution in [0.5, 0.6) is 0 Å². The molecule has 2 nitrogen and oxygen atoms in total. The minimum Gasteiger partial charge on any atom is -0.462 e. The van der Waals surface area contributed by atoms with E-state index in [-0.39, 0.29) is 5.97 Å². The number of ether oxygens (including phenoxy) is 1. The summed E-state index contributed by atoms with van der Waals surface area (Å²) < 4.78 is 5.18. The molecule has 0 saturated carbocycles. The Morgan fingerprint density at radius 2 is 2.35 bits per heavy atom. The molecule has 0 fully saturated rings. The van der Waals surface area contributed by atoms with Crippen LogP contribution in [0, 0.1) is 5.92 Å². The molecule has 1 aliphatic carbocycles. The average molecular weight is 252 g/mol. The second kappa shape index (κ2) is 5.67. The van der Waals surface area contributed by atoms with E-state index in [1.807, 2.05) is 6.92 Å². The van der Waals surface area contributed by atoms with Crippen molar-refractivity contribution in [1.29, 1.82) is 0 Å². The number of carbonyl (C=O) groups is 1. The third kappa shape index (κ3) is 2.89. The Balaban J connectivity index is 2.07.